The minimum atomic E-state index is -3.85. The van der Waals surface area contributed by atoms with Gasteiger partial charge in [0.2, 0.25) is 0 Å². The van der Waals surface area contributed by atoms with Crippen LogP contribution in [0.15, 0.2) is 29.2 Å². The number of carbonyl (C=O) groups excluding carboxylic acids is 1. The number of alkyl halides is 2. The molecule has 4 nitrogen and oxygen atoms in total. The predicted octanol–water partition coefficient (Wildman–Crippen LogP) is 1.75. The third-order valence-corrected chi connectivity index (χ3v) is 3.86. The van der Waals surface area contributed by atoms with Gasteiger partial charge in [-0.15, -0.1) is 0 Å². The van der Waals surface area contributed by atoms with Gasteiger partial charge in [0.1, 0.15) is 0 Å². The van der Waals surface area contributed by atoms with Crippen molar-refractivity contribution in [3.05, 3.63) is 29.8 Å². The molecule has 0 atom stereocenters. The number of ether oxygens (including phenoxy) is 1. The summed E-state index contributed by atoms with van der Waals surface area (Å²) in [5.41, 5.74) is -0.292. The molecule has 1 aromatic carbocycles. The first-order chi connectivity index (χ1) is 8.16. The molecule has 7 heteroatoms. The van der Waals surface area contributed by atoms with E-state index in [2.05, 4.69) is 4.74 Å². The number of benzene rings is 1. The van der Waals surface area contributed by atoms with E-state index >= 15 is 0 Å². The highest BCUT2D eigenvalue weighted by molar-refractivity contribution is 7.92. The van der Waals surface area contributed by atoms with Gasteiger partial charge in [-0.05, 0) is 12.1 Å². The van der Waals surface area contributed by atoms with Gasteiger partial charge in [0.25, 0.3) is 5.92 Å². The summed E-state index contributed by atoms with van der Waals surface area (Å²) in [5.74, 6) is -4.75. The van der Waals surface area contributed by atoms with Crippen molar-refractivity contribution < 1.29 is 26.7 Å². The summed E-state index contributed by atoms with van der Waals surface area (Å²) in [6.07, 6.45) is 0. The van der Waals surface area contributed by atoms with Gasteiger partial charge in [-0.1, -0.05) is 12.1 Å². The Morgan fingerprint density at radius 3 is 2.17 bits per heavy atom. The van der Waals surface area contributed by atoms with E-state index in [9.17, 15) is 22.0 Å². The number of esters is 1. The Bertz CT molecular complexity index is 529. The average Bonchev–Trinajstić information content (AvgIpc) is 2.27. The number of sulfone groups is 1. The van der Waals surface area contributed by atoms with Crippen LogP contribution in [0.25, 0.3) is 0 Å². The van der Waals surface area contributed by atoms with Crippen LogP contribution < -0.4 is 0 Å². The summed E-state index contributed by atoms with van der Waals surface area (Å²) < 4.78 is 53.4. The van der Waals surface area contributed by atoms with Gasteiger partial charge in [-0.2, -0.15) is 0 Å². The van der Waals surface area contributed by atoms with E-state index in [1.807, 2.05) is 0 Å². The zero-order valence-electron chi connectivity index (χ0n) is 9.81. The number of rotatable bonds is 4. The molecule has 0 fully saturated rings. The first-order valence-corrected chi connectivity index (χ1v) is 6.60. The molecule has 0 aliphatic carbocycles. The van der Waals surface area contributed by atoms with E-state index in [0.717, 1.165) is 31.4 Å². The fourth-order valence-electron chi connectivity index (χ4n) is 1.25. The molecular formula is C11H12F2O4S. The highest BCUT2D eigenvalue weighted by Gasteiger charge is 2.25. The van der Waals surface area contributed by atoms with Crippen LogP contribution in [-0.4, -0.2) is 27.2 Å². The lowest BCUT2D eigenvalue weighted by atomic mass is 10.1. The van der Waals surface area contributed by atoms with Crippen molar-refractivity contribution in [1.29, 1.82) is 0 Å². The number of hydrogen-bond acceptors (Lipinski definition) is 4. The second-order valence-corrected chi connectivity index (χ2v) is 5.74. The van der Waals surface area contributed by atoms with E-state index < -0.39 is 27.5 Å². The summed E-state index contributed by atoms with van der Waals surface area (Å²) >= 11 is 0. The molecule has 0 aliphatic heterocycles. The molecule has 0 saturated carbocycles. The Labute approximate surface area is 103 Å². The highest BCUT2D eigenvalue weighted by Crippen LogP contribution is 2.27. The van der Waals surface area contributed by atoms with Crippen LogP contribution in [0.1, 0.15) is 12.5 Å². The Kier molecular flexibility index (Phi) is 4.05. The lowest BCUT2D eigenvalue weighted by molar-refractivity contribution is -0.137. The van der Waals surface area contributed by atoms with Crippen molar-refractivity contribution in [2.24, 2.45) is 0 Å². The molecule has 0 N–H and O–H groups in total. The van der Waals surface area contributed by atoms with Gasteiger partial charge in [0.05, 0.1) is 12.0 Å². The van der Waals surface area contributed by atoms with Gasteiger partial charge in [0.15, 0.2) is 15.6 Å². The number of carbonyl (C=O) groups is 1. The van der Waals surface area contributed by atoms with Crippen LogP contribution in [0.5, 0.6) is 0 Å². The van der Waals surface area contributed by atoms with Crippen molar-refractivity contribution in [3.63, 3.8) is 0 Å². The first kappa shape index (κ1) is 14.6. The summed E-state index contributed by atoms with van der Waals surface area (Å²) in [6, 6.07) is 4.13. The van der Waals surface area contributed by atoms with Crippen LogP contribution in [-0.2, 0) is 25.3 Å². The van der Waals surface area contributed by atoms with Crippen molar-refractivity contribution >= 4 is 15.8 Å². The molecule has 0 aliphatic rings. The van der Waals surface area contributed by atoms with Crippen molar-refractivity contribution in [3.8, 4) is 0 Å². The monoisotopic (exact) mass is 278 g/mol. The van der Waals surface area contributed by atoms with Crippen LogP contribution in [0.3, 0.4) is 0 Å². The van der Waals surface area contributed by atoms with E-state index in [4.69, 9.17) is 0 Å². The van der Waals surface area contributed by atoms with Crippen LogP contribution in [0.2, 0.25) is 0 Å². The Balaban J connectivity index is 3.02. The Morgan fingerprint density at radius 1 is 1.28 bits per heavy atom. The second-order valence-electron chi connectivity index (χ2n) is 3.75. The number of hydrogen-bond donors (Lipinski definition) is 0. The van der Waals surface area contributed by atoms with E-state index in [0.29, 0.717) is 6.92 Å². The number of halogens is 2. The molecule has 0 heterocycles. The minimum absolute atomic E-state index is 0.194. The van der Waals surface area contributed by atoms with Crippen molar-refractivity contribution in [1.82, 2.24) is 0 Å². The van der Waals surface area contributed by atoms with E-state index in [1.54, 1.807) is 0 Å². The third-order valence-electron chi connectivity index (χ3n) is 2.26. The normalized spacial score (nSPS) is 12.2. The molecule has 1 rings (SSSR count). The van der Waals surface area contributed by atoms with Gasteiger partial charge in [-0.3, -0.25) is 4.79 Å². The average molecular weight is 278 g/mol. The maximum absolute atomic E-state index is 12.9. The maximum atomic E-state index is 12.9. The van der Waals surface area contributed by atoms with E-state index in [-0.39, 0.29) is 10.5 Å². The molecule has 0 unspecified atom stereocenters. The lowest BCUT2D eigenvalue weighted by Gasteiger charge is -2.11. The summed E-state index contributed by atoms with van der Waals surface area (Å²) in [6.45, 7) is 0.713. The lowest BCUT2D eigenvalue weighted by Crippen LogP contribution is -2.17. The quantitative estimate of drug-likeness (QED) is 0.787. The van der Waals surface area contributed by atoms with Gasteiger partial charge in [-0.25, -0.2) is 17.2 Å². The molecular weight excluding hydrogens is 266 g/mol. The molecule has 0 saturated heterocycles. The molecule has 100 valence electrons. The van der Waals surface area contributed by atoms with Crippen LogP contribution in [0, 0.1) is 0 Å². The highest BCUT2D eigenvalue weighted by atomic mass is 32.2. The van der Waals surface area contributed by atoms with Crippen molar-refractivity contribution in [2.75, 3.05) is 12.9 Å². The second kappa shape index (κ2) is 5.01. The predicted molar refractivity (Wildman–Crippen MR) is 60.1 cm³/mol. The zero-order chi connectivity index (χ0) is 14.0. The third kappa shape index (κ3) is 3.49. The van der Waals surface area contributed by atoms with Crippen LogP contribution in [0.4, 0.5) is 8.78 Å². The molecule has 0 aromatic heterocycles. The Morgan fingerprint density at radius 2 is 1.78 bits per heavy atom. The summed E-state index contributed by atoms with van der Waals surface area (Å²) in [4.78, 5) is 10.7. The smallest absolute Gasteiger partial charge is 0.321 e. The Hall–Kier alpha value is -1.50. The summed E-state index contributed by atoms with van der Waals surface area (Å²) in [7, 11) is -2.79. The van der Waals surface area contributed by atoms with Gasteiger partial charge in [0, 0.05) is 12.5 Å². The SMILES string of the molecule is COC(=O)CS(=O)(=O)c1ccc(C(C)(F)F)cc1. The van der Waals surface area contributed by atoms with Gasteiger partial charge < -0.3 is 4.74 Å². The number of methoxy groups -OCH3 is 1. The molecule has 0 bridgehead atoms. The zero-order valence-corrected chi connectivity index (χ0v) is 10.6. The van der Waals surface area contributed by atoms with Gasteiger partial charge >= 0.3 is 5.97 Å². The molecule has 0 spiro atoms. The molecule has 0 radical (unpaired) electrons. The first-order valence-electron chi connectivity index (χ1n) is 4.95. The topological polar surface area (TPSA) is 60.4 Å². The minimum Gasteiger partial charge on any atom is -0.468 e. The molecule has 0 amide bonds. The van der Waals surface area contributed by atoms with Crippen molar-refractivity contribution in [2.45, 2.75) is 17.7 Å². The van der Waals surface area contributed by atoms with Crippen LogP contribution >= 0.6 is 0 Å². The fraction of sp³-hybridized carbons (Fsp3) is 0.364. The summed E-state index contributed by atoms with van der Waals surface area (Å²) in [5, 5.41) is 0. The molecule has 1 aromatic rings. The largest absolute Gasteiger partial charge is 0.468 e. The standard InChI is InChI=1S/C11H12F2O4S/c1-11(12,13)8-3-5-9(6-4-8)18(15,16)7-10(14)17-2/h3-6H,7H2,1-2H3. The van der Waals surface area contributed by atoms with E-state index in [1.165, 1.54) is 0 Å². The maximum Gasteiger partial charge on any atom is 0.321 e. The fourth-order valence-corrected chi connectivity index (χ4v) is 2.40. The molecule has 18 heavy (non-hydrogen) atoms.